The molecule has 0 unspecified atom stereocenters. The van der Waals surface area contributed by atoms with Gasteiger partial charge >= 0.3 is 10.1 Å². The molecule has 0 radical (unpaired) electrons. The van der Waals surface area contributed by atoms with E-state index in [1.54, 1.807) is 23.5 Å². The van der Waals surface area contributed by atoms with E-state index in [2.05, 4.69) is 19.7 Å². The first-order valence-corrected chi connectivity index (χ1v) is 14.5. The van der Waals surface area contributed by atoms with Crippen LogP contribution in [0.15, 0.2) is 52.1 Å². The van der Waals surface area contributed by atoms with Crippen molar-refractivity contribution in [3.63, 3.8) is 0 Å². The summed E-state index contributed by atoms with van der Waals surface area (Å²) in [5.74, 6) is 1.07. The van der Waals surface area contributed by atoms with E-state index in [0.29, 0.717) is 4.90 Å². The molecule has 33 heavy (non-hydrogen) atoms. The summed E-state index contributed by atoms with van der Waals surface area (Å²) in [6.07, 6.45) is 1.99. The van der Waals surface area contributed by atoms with E-state index in [1.165, 1.54) is 30.9 Å². The van der Waals surface area contributed by atoms with Crippen LogP contribution in [-0.4, -0.2) is 70.0 Å². The van der Waals surface area contributed by atoms with Crippen LogP contribution in [0.5, 0.6) is 5.75 Å². The summed E-state index contributed by atoms with van der Waals surface area (Å²) >= 11 is 4.05. The van der Waals surface area contributed by atoms with Gasteiger partial charge in [0.1, 0.15) is 5.75 Å². The smallest absolute Gasteiger partial charge is 0.306 e. The summed E-state index contributed by atoms with van der Waals surface area (Å²) in [6.45, 7) is 3.78. The second-order valence-electron chi connectivity index (χ2n) is 6.50. The Morgan fingerprint density at radius 1 is 1.09 bits per heavy atom. The summed E-state index contributed by atoms with van der Waals surface area (Å²) in [7, 11) is 2.10. The summed E-state index contributed by atoms with van der Waals surface area (Å²) in [5, 5.41) is 9.29. The van der Waals surface area contributed by atoms with Crippen LogP contribution in [0, 0.1) is 0 Å². The Morgan fingerprint density at radius 3 is 2.12 bits per heavy atom. The summed E-state index contributed by atoms with van der Waals surface area (Å²) < 4.78 is 26.3. The Labute approximate surface area is 210 Å². The first-order chi connectivity index (χ1) is 15.6. The fourth-order valence-corrected chi connectivity index (χ4v) is 3.86. The molecule has 186 valence electrons. The fraction of sp³-hybridized carbons (Fsp3) is 0.429. The molecule has 0 atom stereocenters. The molecule has 1 heterocycles. The molecular weight excluding hydrogens is 503 g/mol. The molecule has 1 aromatic heterocycles. The fourth-order valence-electron chi connectivity index (χ4n) is 1.89. The lowest BCUT2D eigenvalue weighted by Gasteiger charge is -2.09. The minimum Gasteiger partial charge on any atom is -0.383 e. The van der Waals surface area contributed by atoms with Crippen LogP contribution in [0.25, 0.3) is 0 Å². The second-order valence-corrected chi connectivity index (χ2v) is 11.2. The number of benzene rings is 1. The Hall–Kier alpha value is -1.73. The van der Waals surface area contributed by atoms with Gasteiger partial charge in [0.25, 0.3) is 10.5 Å². The average Bonchev–Trinajstić information content (AvgIpc) is 3.32. The van der Waals surface area contributed by atoms with Crippen molar-refractivity contribution < 1.29 is 22.2 Å². The Kier molecular flexibility index (Phi) is 17.7. The van der Waals surface area contributed by atoms with Crippen molar-refractivity contribution in [2.24, 2.45) is 0 Å². The van der Waals surface area contributed by atoms with Crippen LogP contribution >= 0.6 is 34.9 Å². The quantitative estimate of drug-likeness (QED) is 0.287. The molecule has 0 bridgehead atoms. The molecule has 2 rings (SSSR count). The molecule has 0 aliphatic carbocycles. The van der Waals surface area contributed by atoms with Crippen LogP contribution in [-0.2, 0) is 10.1 Å². The molecule has 0 saturated heterocycles. The number of hydrogen-bond acceptors (Lipinski definition) is 9. The lowest BCUT2D eigenvalue weighted by Crippen LogP contribution is -2.24. The molecule has 0 fully saturated rings. The van der Waals surface area contributed by atoms with Crippen molar-refractivity contribution >= 4 is 55.5 Å². The van der Waals surface area contributed by atoms with Gasteiger partial charge < -0.3 is 19.7 Å². The number of carbonyl (C=O) groups excluding carboxylic acids is 2. The summed E-state index contributed by atoms with van der Waals surface area (Å²) in [4.78, 5) is 24.8. The maximum Gasteiger partial charge on any atom is 0.306 e. The van der Waals surface area contributed by atoms with Gasteiger partial charge in [-0.05, 0) is 79.6 Å². The largest absolute Gasteiger partial charge is 0.383 e. The van der Waals surface area contributed by atoms with Gasteiger partial charge in [-0.15, -0.1) is 0 Å². The van der Waals surface area contributed by atoms with E-state index in [0.717, 1.165) is 43.3 Å². The highest BCUT2D eigenvalue weighted by Gasteiger charge is 2.05. The highest BCUT2D eigenvalue weighted by molar-refractivity contribution is 8.13. The van der Waals surface area contributed by atoms with Gasteiger partial charge in [-0.1, -0.05) is 30.8 Å². The predicted octanol–water partition coefficient (Wildman–Crippen LogP) is 4.61. The highest BCUT2D eigenvalue weighted by atomic mass is 32.2. The number of hydrogen-bond donors (Lipinski definition) is 2. The van der Waals surface area contributed by atoms with Crippen LogP contribution in [0.4, 0.5) is 9.59 Å². The molecule has 0 aliphatic heterocycles. The van der Waals surface area contributed by atoms with Gasteiger partial charge in [0.05, 0.1) is 6.26 Å². The zero-order valence-corrected chi connectivity index (χ0v) is 22.8. The molecule has 2 amide bonds. The van der Waals surface area contributed by atoms with Crippen molar-refractivity contribution in [3.05, 3.63) is 47.2 Å². The first kappa shape index (κ1) is 31.3. The van der Waals surface area contributed by atoms with Crippen molar-refractivity contribution in [1.82, 2.24) is 15.5 Å². The number of carbonyl (C=O) groups is 2. The summed E-state index contributed by atoms with van der Waals surface area (Å²) in [6, 6.07) is 10.2. The van der Waals surface area contributed by atoms with Crippen LogP contribution in [0.3, 0.4) is 0 Å². The zero-order valence-electron chi connectivity index (χ0n) is 19.6. The number of thioether (sulfide) groups is 2. The third-order valence-electron chi connectivity index (χ3n) is 3.24. The van der Waals surface area contributed by atoms with Gasteiger partial charge in [-0.2, -0.15) is 19.8 Å². The van der Waals surface area contributed by atoms with Crippen molar-refractivity contribution in [2.75, 3.05) is 46.2 Å². The Morgan fingerprint density at radius 2 is 1.70 bits per heavy atom. The molecule has 2 N–H and O–H groups in total. The van der Waals surface area contributed by atoms with Gasteiger partial charge in [0, 0.05) is 18.5 Å². The highest BCUT2D eigenvalue weighted by Crippen LogP contribution is 2.22. The van der Waals surface area contributed by atoms with E-state index in [1.807, 2.05) is 43.9 Å². The average molecular weight is 536 g/mol. The van der Waals surface area contributed by atoms with Gasteiger partial charge in [-0.25, -0.2) is 0 Å². The molecule has 8 nitrogen and oxygen atoms in total. The number of nitrogens with zero attached hydrogens (tertiary/aromatic N) is 1. The van der Waals surface area contributed by atoms with Crippen LogP contribution in [0.2, 0.25) is 0 Å². The minimum absolute atomic E-state index is 0.0938. The first-order valence-electron chi connectivity index (χ1n) is 9.99. The van der Waals surface area contributed by atoms with Crippen LogP contribution in [0.1, 0.15) is 13.3 Å². The zero-order chi connectivity index (χ0) is 25.1. The van der Waals surface area contributed by atoms with Gasteiger partial charge in [0.2, 0.25) is 0 Å². The third-order valence-corrected chi connectivity index (χ3v) is 5.95. The third kappa shape index (κ3) is 20.6. The SMILES string of the molecule is CCSC(=O)NCCCN(C)C.CNC(=O)Sc1ccc(OS(C)(=O)=O)cc1.c1ccsc1. The van der Waals surface area contributed by atoms with Gasteiger partial charge in [0.15, 0.2) is 0 Å². The Bertz CT molecular complexity index is 857. The van der Waals surface area contributed by atoms with E-state index in [-0.39, 0.29) is 16.2 Å². The molecule has 2 aromatic rings. The van der Waals surface area contributed by atoms with E-state index >= 15 is 0 Å². The standard InChI is InChI=1S/C9H11NO4S2.C8H18N2OS.C4H4S/c1-10-9(11)15-8-5-3-7(4-6-8)14-16(2,12)13;1-4-12-8(11)9-6-5-7-10(2)3;1-2-4-5-3-1/h3-6H,1-2H3,(H,10,11);4-7H2,1-3H3,(H,9,11);1-4H. The van der Waals surface area contributed by atoms with Crippen LogP contribution < -0.4 is 14.8 Å². The number of thiophene rings is 1. The monoisotopic (exact) mass is 535 g/mol. The normalized spacial score (nSPS) is 10.2. The van der Waals surface area contributed by atoms with Crippen molar-refractivity contribution in [2.45, 2.75) is 18.2 Å². The molecular formula is C21H33N3O5S4. The predicted molar refractivity (Wildman–Crippen MR) is 141 cm³/mol. The van der Waals surface area contributed by atoms with Gasteiger partial charge in [-0.3, -0.25) is 9.59 Å². The Balaban J connectivity index is 0.000000526. The lowest BCUT2D eigenvalue weighted by atomic mass is 10.3. The van der Waals surface area contributed by atoms with E-state index in [4.69, 9.17) is 0 Å². The van der Waals surface area contributed by atoms with E-state index < -0.39 is 10.1 Å². The van der Waals surface area contributed by atoms with Crippen molar-refractivity contribution in [1.29, 1.82) is 0 Å². The number of nitrogens with one attached hydrogen (secondary N) is 2. The topological polar surface area (TPSA) is 105 Å². The maximum atomic E-state index is 11.0. The summed E-state index contributed by atoms with van der Waals surface area (Å²) in [5.41, 5.74) is 0. The lowest BCUT2D eigenvalue weighted by molar-refractivity contribution is 0.260. The molecule has 1 aromatic carbocycles. The maximum absolute atomic E-state index is 11.0. The molecule has 0 aliphatic rings. The molecule has 0 spiro atoms. The second kappa shape index (κ2) is 18.7. The minimum atomic E-state index is -3.50. The molecule has 0 saturated carbocycles. The van der Waals surface area contributed by atoms with Crippen molar-refractivity contribution in [3.8, 4) is 5.75 Å². The number of amides is 2. The van der Waals surface area contributed by atoms with E-state index in [9.17, 15) is 18.0 Å². The molecule has 12 heteroatoms. The number of rotatable bonds is 8.